The first-order valence-electron chi connectivity index (χ1n) is 8.27. The summed E-state index contributed by atoms with van der Waals surface area (Å²) in [6.45, 7) is 2.92. The van der Waals surface area contributed by atoms with Gasteiger partial charge in [0.1, 0.15) is 24.3 Å². The van der Waals surface area contributed by atoms with Gasteiger partial charge in [-0.15, -0.1) is 0 Å². The van der Waals surface area contributed by atoms with Gasteiger partial charge in [-0.25, -0.2) is 13.8 Å². The molecule has 2 N–H and O–H groups in total. The van der Waals surface area contributed by atoms with E-state index in [1.165, 1.54) is 6.07 Å². The highest BCUT2D eigenvalue weighted by Crippen LogP contribution is 2.16. The van der Waals surface area contributed by atoms with Crippen molar-refractivity contribution < 1.29 is 23.4 Å². The summed E-state index contributed by atoms with van der Waals surface area (Å²) in [5.41, 5.74) is 0. The highest BCUT2D eigenvalue weighted by Gasteiger charge is 2.13. The SMILES string of the molecule is O[C@@H](CNc1nccc(N2CCOCC2)n1)COc1ccc(F)c(F)c1. The second kappa shape index (κ2) is 8.72. The molecule has 26 heavy (non-hydrogen) atoms. The van der Waals surface area contributed by atoms with Gasteiger partial charge in [0.25, 0.3) is 0 Å². The number of halogens is 2. The summed E-state index contributed by atoms with van der Waals surface area (Å²) in [6, 6.07) is 5.03. The predicted molar refractivity (Wildman–Crippen MR) is 91.4 cm³/mol. The average molecular weight is 366 g/mol. The minimum atomic E-state index is -0.997. The molecule has 0 saturated carbocycles. The molecule has 9 heteroatoms. The molecule has 0 unspecified atom stereocenters. The van der Waals surface area contributed by atoms with Gasteiger partial charge in [0, 0.05) is 31.9 Å². The van der Waals surface area contributed by atoms with Gasteiger partial charge in [-0.2, -0.15) is 4.98 Å². The summed E-state index contributed by atoms with van der Waals surface area (Å²) in [6.07, 6.45) is 0.767. The summed E-state index contributed by atoms with van der Waals surface area (Å²) in [5.74, 6) is -0.618. The standard InChI is InChI=1S/C17H20F2N4O3/c18-14-2-1-13(9-15(14)19)26-11-12(24)10-21-17-20-4-3-16(22-17)23-5-7-25-8-6-23/h1-4,9,12,24H,5-8,10-11H2,(H,20,21,22)/t12-/m0/s1. The molecule has 1 aromatic heterocycles. The highest BCUT2D eigenvalue weighted by atomic mass is 19.2. The van der Waals surface area contributed by atoms with Crippen LogP contribution in [-0.4, -0.2) is 60.6 Å². The van der Waals surface area contributed by atoms with E-state index < -0.39 is 17.7 Å². The molecular weight excluding hydrogens is 346 g/mol. The van der Waals surface area contributed by atoms with Crippen LogP contribution in [0.25, 0.3) is 0 Å². The van der Waals surface area contributed by atoms with Crippen molar-refractivity contribution >= 4 is 11.8 Å². The summed E-state index contributed by atoms with van der Waals surface area (Å²) >= 11 is 0. The van der Waals surface area contributed by atoms with Crippen LogP contribution >= 0.6 is 0 Å². The molecule has 0 bridgehead atoms. The number of morpholine rings is 1. The monoisotopic (exact) mass is 366 g/mol. The lowest BCUT2D eigenvalue weighted by Gasteiger charge is -2.27. The molecule has 0 radical (unpaired) electrons. The average Bonchev–Trinajstić information content (AvgIpc) is 2.68. The lowest BCUT2D eigenvalue weighted by atomic mass is 10.3. The largest absolute Gasteiger partial charge is 0.491 e. The third-order valence-electron chi connectivity index (χ3n) is 3.81. The molecule has 0 amide bonds. The van der Waals surface area contributed by atoms with Crippen LogP contribution < -0.4 is 15.0 Å². The summed E-state index contributed by atoms with van der Waals surface area (Å²) in [4.78, 5) is 10.6. The molecule has 3 rings (SSSR count). The van der Waals surface area contributed by atoms with Crippen molar-refractivity contribution in [2.24, 2.45) is 0 Å². The summed E-state index contributed by atoms with van der Waals surface area (Å²) < 4.78 is 36.5. The van der Waals surface area contributed by atoms with E-state index in [0.29, 0.717) is 19.2 Å². The highest BCUT2D eigenvalue weighted by molar-refractivity contribution is 5.42. The van der Waals surface area contributed by atoms with Gasteiger partial charge >= 0.3 is 0 Å². The molecule has 2 aromatic rings. The van der Waals surface area contributed by atoms with Crippen molar-refractivity contribution in [1.29, 1.82) is 0 Å². The van der Waals surface area contributed by atoms with Crippen LogP contribution in [0.4, 0.5) is 20.5 Å². The molecule has 1 saturated heterocycles. The van der Waals surface area contributed by atoms with Crippen molar-refractivity contribution in [3.05, 3.63) is 42.1 Å². The number of aliphatic hydroxyl groups excluding tert-OH is 1. The fraction of sp³-hybridized carbons (Fsp3) is 0.412. The van der Waals surface area contributed by atoms with Crippen LogP contribution in [0.1, 0.15) is 0 Å². The second-order valence-electron chi connectivity index (χ2n) is 5.76. The molecule has 1 aromatic carbocycles. The third-order valence-corrected chi connectivity index (χ3v) is 3.81. The van der Waals surface area contributed by atoms with E-state index in [1.54, 1.807) is 6.20 Å². The fourth-order valence-electron chi connectivity index (χ4n) is 2.43. The Morgan fingerprint density at radius 3 is 2.81 bits per heavy atom. The number of anilines is 2. The molecule has 7 nitrogen and oxygen atoms in total. The molecular formula is C17H20F2N4O3. The molecule has 1 aliphatic rings. The van der Waals surface area contributed by atoms with Crippen molar-refractivity contribution in [3.8, 4) is 5.75 Å². The first kappa shape index (κ1) is 18.3. The molecule has 1 aliphatic heterocycles. The van der Waals surface area contributed by atoms with Crippen LogP contribution in [0.2, 0.25) is 0 Å². The Labute approximate surface area is 149 Å². The van der Waals surface area contributed by atoms with E-state index in [-0.39, 0.29) is 18.9 Å². The van der Waals surface area contributed by atoms with E-state index in [1.807, 2.05) is 6.07 Å². The predicted octanol–water partition coefficient (Wildman–Crippen LogP) is 1.44. The number of hydrogen-bond acceptors (Lipinski definition) is 7. The van der Waals surface area contributed by atoms with Gasteiger partial charge in [-0.3, -0.25) is 0 Å². The maximum atomic E-state index is 13.1. The zero-order chi connectivity index (χ0) is 18.4. The third kappa shape index (κ3) is 4.99. The van der Waals surface area contributed by atoms with E-state index in [2.05, 4.69) is 20.2 Å². The van der Waals surface area contributed by atoms with E-state index in [0.717, 1.165) is 31.0 Å². The van der Waals surface area contributed by atoms with Crippen molar-refractivity contribution in [2.45, 2.75) is 6.10 Å². The van der Waals surface area contributed by atoms with E-state index in [9.17, 15) is 13.9 Å². The van der Waals surface area contributed by atoms with Crippen molar-refractivity contribution in [2.75, 3.05) is 49.7 Å². The summed E-state index contributed by atoms with van der Waals surface area (Å²) in [7, 11) is 0. The van der Waals surface area contributed by atoms with Gasteiger partial charge in [0.15, 0.2) is 11.6 Å². The number of nitrogens with one attached hydrogen (secondary N) is 1. The molecule has 1 atom stereocenters. The maximum absolute atomic E-state index is 13.1. The zero-order valence-corrected chi connectivity index (χ0v) is 14.1. The minimum Gasteiger partial charge on any atom is -0.491 e. The van der Waals surface area contributed by atoms with Crippen LogP contribution in [0, 0.1) is 11.6 Å². The van der Waals surface area contributed by atoms with Gasteiger partial charge < -0.3 is 24.8 Å². The first-order chi connectivity index (χ1) is 12.6. The Balaban J connectivity index is 1.47. The molecule has 0 aliphatic carbocycles. The molecule has 140 valence electrons. The van der Waals surface area contributed by atoms with Crippen LogP contribution in [0.5, 0.6) is 5.75 Å². The summed E-state index contributed by atoms with van der Waals surface area (Å²) in [5, 5.41) is 12.9. The number of nitrogens with zero attached hydrogens (tertiary/aromatic N) is 3. The zero-order valence-electron chi connectivity index (χ0n) is 14.1. The quantitative estimate of drug-likeness (QED) is 0.768. The lowest BCUT2D eigenvalue weighted by Crippen LogP contribution is -2.37. The smallest absolute Gasteiger partial charge is 0.224 e. The maximum Gasteiger partial charge on any atom is 0.224 e. The van der Waals surface area contributed by atoms with Crippen LogP contribution in [-0.2, 0) is 4.74 Å². The number of aliphatic hydroxyl groups is 1. The van der Waals surface area contributed by atoms with Gasteiger partial charge in [0.05, 0.1) is 13.2 Å². The number of aromatic nitrogens is 2. The second-order valence-corrected chi connectivity index (χ2v) is 5.76. The van der Waals surface area contributed by atoms with Crippen molar-refractivity contribution in [1.82, 2.24) is 9.97 Å². The van der Waals surface area contributed by atoms with Crippen LogP contribution in [0.3, 0.4) is 0 Å². The van der Waals surface area contributed by atoms with Gasteiger partial charge in [-0.05, 0) is 18.2 Å². The first-order valence-corrected chi connectivity index (χ1v) is 8.27. The Kier molecular flexibility index (Phi) is 6.13. The van der Waals surface area contributed by atoms with Gasteiger partial charge in [0.2, 0.25) is 5.95 Å². The molecule has 2 heterocycles. The normalized spacial score (nSPS) is 15.6. The van der Waals surface area contributed by atoms with E-state index in [4.69, 9.17) is 9.47 Å². The Morgan fingerprint density at radius 1 is 1.23 bits per heavy atom. The minimum absolute atomic E-state index is 0.0821. The number of rotatable bonds is 7. The van der Waals surface area contributed by atoms with Gasteiger partial charge in [-0.1, -0.05) is 0 Å². The molecule has 1 fully saturated rings. The lowest BCUT2D eigenvalue weighted by molar-refractivity contribution is 0.117. The topological polar surface area (TPSA) is 79.7 Å². The van der Waals surface area contributed by atoms with Crippen LogP contribution in [0.15, 0.2) is 30.5 Å². The Hall–Kier alpha value is -2.52. The van der Waals surface area contributed by atoms with E-state index >= 15 is 0 Å². The fourth-order valence-corrected chi connectivity index (χ4v) is 2.43. The van der Waals surface area contributed by atoms with Crippen molar-refractivity contribution in [3.63, 3.8) is 0 Å². The number of ether oxygens (including phenoxy) is 2. The number of hydrogen-bond donors (Lipinski definition) is 2. The number of benzene rings is 1. The molecule has 0 spiro atoms. The Bertz CT molecular complexity index is 729. The Morgan fingerprint density at radius 2 is 2.04 bits per heavy atom.